The van der Waals surface area contributed by atoms with Gasteiger partial charge in [0.1, 0.15) is 0 Å². The Hall–Kier alpha value is -0.710. The van der Waals surface area contributed by atoms with Crippen molar-refractivity contribution in [2.75, 3.05) is 19.6 Å². The molecule has 2 rings (SSSR count). The van der Waals surface area contributed by atoms with E-state index < -0.39 is 0 Å². The molecule has 1 N–H and O–H groups in total. The van der Waals surface area contributed by atoms with E-state index in [9.17, 15) is 4.79 Å². The number of nitrogens with zero attached hydrogens (tertiary/aromatic N) is 1. The second-order valence-electron chi connectivity index (χ2n) is 6.17. The Morgan fingerprint density at radius 2 is 1.87 bits per heavy atom. The lowest BCUT2D eigenvalue weighted by Gasteiger charge is -2.34. The van der Waals surface area contributed by atoms with Gasteiger partial charge in [0.25, 0.3) is 5.91 Å². The third kappa shape index (κ3) is 6.02. The summed E-state index contributed by atoms with van der Waals surface area (Å²) in [5.41, 5.74) is 0.820. The standard InChI is InChI=1S/C18H28N2OS.ClH/c1-4-13-20(16-9-11-19-12-10-16)18(21)15-5-7-17(8-6-15)22-14(2)3;/h5-8,14,16,19H,4,9-13H2,1-3H3;1H. The van der Waals surface area contributed by atoms with Gasteiger partial charge in [-0.05, 0) is 56.6 Å². The Labute approximate surface area is 151 Å². The number of amides is 1. The number of rotatable bonds is 6. The summed E-state index contributed by atoms with van der Waals surface area (Å²) in [6, 6.07) is 8.50. The van der Waals surface area contributed by atoms with E-state index in [4.69, 9.17) is 0 Å². The first kappa shape index (κ1) is 20.3. The second-order valence-corrected chi connectivity index (χ2v) is 7.82. The predicted octanol–water partition coefficient (Wildman–Crippen LogP) is 4.21. The van der Waals surface area contributed by atoms with Crippen molar-refractivity contribution in [1.82, 2.24) is 10.2 Å². The molecule has 5 heteroatoms. The molecule has 0 bridgehead atoms. The van der Waals surface area contributed by atoms with Crippen LogP contribution >= 0.6 is 24.2 Å². The summed E-state index contributed by atoms with van der Waals surface area (Å²) >= 11 is 1.83. The van der Waals surface area contributed by atoms with E-state index in [1.807, 2.05) is 23.9 Å². The summed E-state index contributed by atoms with van der Waals surface area (Å²) in [7, 11) is 0. The van der Waals surface area contributed by atoms with Crippen LogP contribution in [0.3, 0.4) is 0 Å². The Balaban J connectivity index is 0.00000264. The van der Waals surface area contributed by atoms with E-state index in [-0.39, 0.29) is 18.3 Å². The molecule has 1 saturated heterocycles. The SMILES string of the molecule is CCCN(C(=O)c1ccc(SC(C)C)cc1)C1CCNCC1.Cl. The van der Waals surface area contributed by atoms with E-state index in [2.05, 4.69) is 43.1 Å². The number of thioether (sulfide) groups is 1. The monoisotopic (exact) mass is 356 g/mol. The average Bonchev–Trinajstić information content (AvgIpc) is 2.53. The number of halogens is 1. The molecule has 1 aromatic rings. The van der Waals surface area contributed by atoms with Crippen LogP contribution in [0.25, 0.3) is 0 Å². The fourth-order valence-electron chi connectivity index (χ4n) is 2.92. The zero-order chi connectivity index (χ0) is 15.9. The molecular weight excluding hydrogens is 328 g/mol. The molecule has 0 unspecified atom stereocenters. The molecule has 1 aliphatic heterocycles. The lowest BCUT2D eigenvalue weighted by atomic mass is 10.0. The number of hydrogen-bond acceptors (Lipinski definition) is 3. The van der Waals surface area contributed by atoms with Crippen molar-refractivity contribution < 1.29 is 4.79 Å². The van der Waals surface area contributed by atoms with Crippen LogP contribution in [0.5, 0.6) is 0 Å². The van der Waals surface area contributed by atoms with Crippen molar-refractivity contribution >= 4 is 30.1 Å². The van der Waals surface area contributed by atoms with Gasteiger partial charge in [-0.15, -0.1) is 24.2 Å². The van der Waals surface area contributed by atoms with Crippen LogP contribution in [0.2, 0.25) is 0 Å². The fraction of sp³-hybridized carbons (Fsp3) is 0.611. The first-order valence-corrected chi connectivity index (χ1v) is 9.28. The Kier molecular flexibility index (Phi) is 9.03. The van der Waals surface area contributed by atoms with Crippen molar-refractivity contribution in [2.24, 2.45) is 0 Å². The van der Waals surface area contributed by atoms with Crippen molar-refractivity contribution in [1.29, 1.82) is 0 Å². The Morgan fingerprint density at radius 1 is 1.26 bits per heavy atom. The van der Waals surface area contributed by atoms with Crippen LogP contribution in [0.15, 0.2) is 29.2 Å². The van der Waals surface area contributed by atoms with Crippen LogP contribution in [0.1, 0.15) is 50.4 Å². The summed E-state index contributed by atoms with van der Waals surface area (Å²) < 4.78 is 0. The van der Waals surface area contributed by atoms with E-state index in [1.54, 1.807) is 0 Å². The average molecular weight is 357 g/mol. The summed E-state index contributed by atoms with van der Waals surface area (Å²) in [6.45, 7) is 9.40. The highest BCUT2D eigenvalue weighted by atomic mass is 35.5. The molecule has 1 heterocycles. The number of carbonyl (C=O) groups excluding carboxylic acids is 1. The molecule has 0 atom stereocenters. The molecule has 0 saturated carbocycles. The maximum atomic E-state index is 12.9. The molecule has 3 nitrogen and oxygen atoms in total. The quantitative estimate of drug-likeness (QED) is 0.775. The highest BCUT2D eigenvalue weighted by Crippen LogP contribution is 2.24. The number of benzene rings is 1. The summed E-state index contributed by atoms with van der Waals surface area (Å²) in [4.78, 5) is 16.2. The molecule has 0 spiro atoms. The van der Waals surface area contributed by atoms with Crippen LogP contribution in [-0.2, 0) is 0 Å². The lowest BCUT2D eigenvalue weighted by Crippen LogP contribution is -2.46. The molecule has 1 fully saturated rings. The maximum absolute atomic E-state index is 12.9. The number of nitrogens with one attached hydrogen (secondary N) is 1. The molecule has 1 aromatic carbocycles. The van der Waals surface area contributed by atoms with Gasteiger partial charge in [0.05, 0.1) is 0 Å². The fourth-order valence-corrected chi connectivity index (χ4v) is 3.76. The summed E-state index contributed by atoms with van der Waals surface area (Å²) in [5.74, 6) is 0.190. The van der Waals surface area contributed by atoms with Gasteiger partial charge in [-0.3, -0.25) is 4.79 Å². The van der Waals surface area contributed by atoms with E-state index >= 15 is 0 Å². The molecule has 130 valence electrons. The van der Waals surface area contributed by atoms with Gasteiger partial charge >= 0.3 is 0 Å². The van der Waals surface area contributed by atoms with E-state index in [1.165, 1.54) is 4.90 Å². The normalized spacial score (nSPS) is 15.3. The number of hydrogen-bond donors (Lipinski definition) is 1. The minimum atomic E-state index is 0. The van der Waals surface area contributed by atoms with E-state index in [0.717, 1.165) is 44.5 Å². The molecule has 23 heavy (non-hydrogen) atoms. The van der Waals surface area contributed by atoms with Crippen molar-refractivity contribution in [3.05, 3.63) is 29.8 Å². The minimum absolute atomic E-state index is 0. The zero-order valence-corrected chi connectivity index (χ0v) is 16.0. The first-order valence-electron chi connectivity index (χ1n) is 8.40. The van der Waals surface area contributed by atoms with Gasteiger partial charge in [0.2, 0.25) is 0 Å². The number of carbonyl (C=O) groups is 1. The highest BCUT2D eigenvalue weighted by molar-refractivity contribution is 7.99. The zero-order valence-electron chi connectivity index (χ0n) is 14.4. The third-order valence-electron chi connectivity index (χ3n) is 3.95. The lowest BCUT2D eigenvalue weighted by molar-refractivity contribution is 0.0642. The van der Waals surface area contributed by atoms with Gasteiger partial charge in [0, 0.05) is 28.3 Å². The van der Waals surface area contributed by atoms with Crippen molar-refractivity contribution in [2.45, 2.75) is 56.2 Å². The summed E-state index contributed by atoms with van der Waals surface area (Å²) in [5, 5.41) is 3.94. The molecule has 0 aliphatic carbocycles. The van der Waals surface area contributed by atoms with Gasteiger partial charge < -0.3 is 10.2 Å². The van der Waals surface area contributed by atoms with Gasteiger partial charge in [-0.1, -0.05) is 20.8 Å². The van der Waals surface area contributed by atoms with Gasteiger partial charge in [0.15, 0.2) is 0 Å². The van der Waals surface area contributed by atoms with E-state index in [0.29, 0.717) is 11.3 Å². The third-order valence-corrected chi connectivity index (χ3v) is 4.96. The molecule has 1 amide bonds. The Morgan fingerprint density at radius 3 is 2.39 bits per heavy atom. The number of piperidine rings is 1. The highest BCUT2D eigenvalue weighted by Gasteiger charge is 2.25. The van der Waals surface area contributed by atoms with Gasteiger partial charge in [-0.2, -0.15) is 0 Å². The molecule has 1 aliphatic rings. The molecular formula is C18H29ClN2OS. The van der Waals surface area contributed by atoms with Crippen LogP contribution in [0, 0.1) is 0 Å². The van der Waals surface area contributed by atoms with Crippen molar-refractivity contribution in [3.63, 3.8) is 0 Å². The Bertz CT molecular complexity index is 472. The molecule has 0 aromatic heterocycles. The topological polar surface area (TPSA) is 32.3 Å². The predicted molar refractivity (Wildman–Crippen MR) is 102 cm³/mol. The second kappa shape index (κ2) is 10.2. The van der Waals surface area contributed by atoms with Crippen LogP contribution in [-0.4, -0.2) is 41.7 Å². The van der Waals surface area contributed by atoms with Gasteiger partial charge in [-0.25, -0.2) is 0 Å². The van der Waals surface area contributed by atoms with Crippen LogP contribution in [0.4, 0.5) is 0 Å². The molecule has 0 radical (unpaired) electrons. The van der Waals surface area contributed by atoms with Crippen molar-refractivity contribution in [3.8, 4) is 0 Å². The van der Waals surface area contributed by atoms with Crippen LogP contribution < -0.4 is 5.32 Å². The first-order chi connectivity index (χ1) is 10.6. The maximum Gasteiger partial charge on any atom is 0.254 e. The summed E-state index contributed by atoms with van der Waals surface area (Å²) in [6.07, 6.45) is 3.14. The largest absolute Gasteiger partial charge is 0.336 e. The smallest absolute Gasteiger partial charge is 0.254 e. The minimum Gasteiger partial charge on any atom is -0.336 e.